The molecule has 27 heavy (non-hydrogen) atoms. The van der Waals surface area contributed by atoms with Crippen molar-refractivity contribution in [1.82, 2.24) is 9.97 Å². The molecule has 0 aliphatic carbocycles. The van der Waals surface area contributed by atoms with Crippen LogP contribution < -0.4 is 4.74 Å². The molecule has 1 aromatic carbocycles. The Balaban J connectivity index is 0.000000527. The second-order valence-corrected chi connectivity index (χ2v) is 5.20. The van der Waals surface area contributed by atoms with Crippen molar-refractivity contribution < 1.29 is 34.1 Å². The summed E-state index contributed by atoms with van der Waals surface area (Å²) in [4.78, 5) is 37.3. The van der Waals surface area contributed by atoms with Crippen molar-refractivity contribution in [2.75, 3.05) is 6.61 Å². The highest BCUT2D eigenvalue weighted by Gasteiger charge is 2.20. The lowest BCUT2D eigenvalue weighted by Crippen LogP contribution is -2.29. The average Bonchev–Trinajstić information content (AvgIpc) is 3.14. The third-order valence-corrected chi connectivity index (χ3v) is 3.26. The summed E-state index contributed by atoms with van der Waals surface area (Å²) < 4.78 is 10.9. The van der Waals surface area contributed by atoms with Crippen LogP contribution in [-0.4, -0.2) is 50.8 Å². The molecule has 0 saturated carbocycles. The fourth-order valence-electron chi connectivity index (χ4n) is 2.03. The first kappa shape index (κ1) is 21.7. The zero-order valence-corrected chi connectivity index (χ0v) is 15.0. The van der Waals surface area contributed by atoms with E-state index in [0.29, 0.717) is 25.2 Å². The van der Waals surface area contributed by atoms with E-state index in [2.05, 4.69) is 9.97 Å². The molecule has 1 heterocycles. The van der Waals surface area contributed by atoms with E-state index in [9.17, 15) is 4.79 Å². The highest BCUT2D eigenvalue weighted by molar-refractivity contribution is 6.27. The summed E-state index contributed by atoms with van der Waals surface area (Å²) in [6.45, 7) is 4.04. The molecule has 0 amide bonds. The maximum absolute atomic E-state index is 11.8. The number of ether oxygens (including phenoxy) is 2. The number of para-hydroxylation sites is 1. The van der Waals surface area contributed by atoms with Crippen molar-refractivity contribution in [3.8, 4) is 5.75 Å². The van der Waals surface area contributed by atoms with Crippen molar-refractivity contribution in [2.45, 2.75) is 32.8 Å². The topological polar surface area (TPSA) is 139 Å². The highest BCUT2D eigenvalue weighted by Crippen LogP contribution is 2.22. The van der Waals surface area contributed by atoms with Gasteiger partial charge < -0.3 is 24.7 Å². The second kappa shape index (κ2) is 11.3. The summed E-state index contributed by atoms with van der Waals surface area (Å²) in [6, 6.07) is 7.66. The first-order valence-corrected chi connectivity index (χ1v) is 8.24. The molecule has 0 radical (unpaired) electrons. The zero-order valence-electron chi connectivity index (χ0n) is 15.0. The predicted octanol–water partition coefficient (Wildman–Crippen LogP) is 1.88. The third kappa shape index (κ3) is 7.59. The number of esters is 1. The fraction of sp³-hybridized carbons (Fsp3) is 0.333. The molecule has 0 fully saturated rings. The minimum Gasteiger partial charge on any atom is -0.478 e. The smallest absolute Gasteiger partial charge is 0.414 e. The number of hydrogen-bond donors (Lipinski definition) is 3. The molecule has 1 unspecified atom stereocenters. The van der Waals surface area contributed by atoms with Crippen molar-refractivity contribution in [2.24, 2.45) is 0 Å². The van der Waals surface area contributed by atoms with Crippen LogP contribution >= 0.6 is 0 Å². The number of H-pyrrole nitrogens is 1. The zero-order chi connectivity index (χ0) is 20.2. The van der Waals surface area contributed by atoms with E-state index in [0.717, 1.165) is 11.4 Å². The van der Waals surface area contributed by atoms with E-state index < -0.39 is 18.0 Å². The molecule has 0 aliphatic heterocycles. The summed E-state index contributed by atoms with van der Waals surface area (Å²) in [5, 5.41) is 14.8. The maximum Gasteiger partial charge on any atom is 0.414 e. The van der Waals surface area contributed by atoms with Crippen LogP contribution in [0.2, 0.25) is 0 Å². The number of carboxylic acid groups (broad SMARTS) is 2. The molecule has 1 atom stereocenters. The lowest BCUT2D eigenvalue weighted by atomic mass is 10.1. The number of aromatic nitrogens is 2. The van der Waals surface area contributed by atoms with Gasteiger partial charge in [0.05, 0.1) is 6.61 Å². The van der Waals surface area contributed by atoms with Gasteiger partial charge in [-0.1, -0.05) is 25.1 Å². The lowest BCUT2D eigenvalue weighted by molar-refractivity contribution is -0.159. The fourth-order valence-corrected chi connectivity index (χ4v) is 2.03. The molecule has 0 saturated heterocycles. The Morgan fingerprint density at radius 2 is 1.81 bits per heavy atom. The number of hydrogen-bond acceptors (Lipinski definition) is 6. The van der Waals surface area contributed by atoms with Gasteiger partial charge in [0, 0.05) is 24.4 Å². The maximum atomic E-state index is 11.8. The molecule has 2 aromatic rings. The molecule has 9 nitrogen and oxygen atoms in total. The van der Waals surface area contributed by atoms with Gasteiger partial charge >= 0.3 is 17.9 Å². The average molecular weight is 378 g/mol. The van der Waals surface area contributed by atoms with Crippen molar-refractivity contribution in [1.29, 1.82) is 0 Å². The van der Waals surface area contributed by atoms with Crippen LogP contribution in [0.5, 0.6) is 5.75 Å². The largest absolute Gasteiger partial charge is 0.478 e. The van der Waals surface area contributed by atoms with Gasteiger partial charge in [0.15, 0.2) is 6.10 Å². The van der Waals surface area contributed by atoms with Crippen molar-refractivity contribution in [3.05, 3.63) is 48.0 Å². The Bertz CT molecular complexity index is 732. The second-order valence-electron chi connectivity index (χ2n) is 5.20. The van der Waals surface area contributed by atoms with E-state index in [1.54, 1.807) is 19.3 Å². The van der Waals surface area contributed by atoms with Gasteiger partial charge in [0.2, 0.25) is 0 Å². The number of carbonyl (C=O) groups excluding carboxylic acids is 1. The number of benzene rings is 1. The number of nitrogens with zero attached hydrogens (tertiary/aromatic N) is 1. The van der Waals surface area contributed by atoms with Crippen LogP contribution in [0.25, 0.3) is 0 Å². The third-order valence-electron chi connectivity index (χ3n) is 3.26. The van der Waals surface area contributed by atoms with Gasteiger partial charge in [-0.2, -0.15) is 0 Å². The normalized spacial score (nSPS) is 10.9. The Hall–Kier alpha value is -3.36. The van der Waals surface area contributed by atoms with Gasteiger partial charge in [-0.25, -0.2) is 19.4 Å². The molecule has 9 heteroatoms. The van der Waals surface area contributed by atoms with E-state index in [1.807, 2.05) is 31.2 Å². The monoisotopic (exact) mass is 378 g/mol. The van der Waals surface area contributed by atoms with Crippen LogP contribution in [0.15, 0.2) is 36.7 Å². The Kier molecular flexibility index (Phi) is 9.07. The number of carbonyl (C=O) groups is 3. The number of aliphatic carboxylic acids is 2. The number of aromatic amines is 1. The minimum absolute atomic E-state index is 0.326. The summed E-state index contributed by atoms with van der Waals surface area (Å²) >= 11 is 0. The van der Waals surface area contributed by atoms with Crippen LogP contribution in [0.3, 0.4) is 0 Å². The number of nitrogens with one attached hydrogen (secondary N) is 1. The summed E-state index contributed by atoms with van der Waals surface area (Å²) in [6.07, 6.45) is 4.11. The predicted molar refractivity (Wildman–Crippen MR) is 94.4 cm³/mol. The molecule has 146 valence electrons. The summed E-state index contributed by atoms with van der Waals surface area (Å²) in [5.74, 6) is -2.43. The molecule has 0 bridgehead atoms. The Morgan fingerprint density at radius 1 is 1.15 bits per heavy atom. The minimum atomic E-state index is -1.82. The first-order valence-electron chi connectivity index (χ1n) is 8.24. The number of carboxylic acids is 2. The molecule has 1 aromatic heterocycles. The number of rotatable bonds is 7. The van der Waals surface area contributed by atoms with Crippen molar-refractivity contribution >= 4 is 17.9 Å². The van der Waals surface area contributed by atoms with Gasteiger partial charge in [-0.3, -0.25) is 0 Å². The van der Waals surface area contributed by atoms with Crippen LogP contribution in [0.1, 0.15) is 31.7 Å². The van der Waals surface area contributed by atoms with E-state index in [-0.39, 0.29) is 5.97 Å². The quantitative estimate of drug-likeness (QED) is 0.490. The van der Waals surface area contributed by atoms with Gasteiger partial charge in [0.1, 0.15) is 11.6 Å². The van der Waals surface area contributed by atoms with E-state index >= 15 is 0 Å². The standard InChI is InChI=1S/C16H20N2O3.C2H2O4/c1-3-13(16(19)20-4-2)21-14-8-6-5-7-12(14)11-15-17-9-10-18-15;3-1(4)2(5)6/h5-10,13H,3-4,11H2,1-2H3,(H,17,18);(H,3,4)(H,5,6). The molecule has 2 rings (SSSR count). The summed E-state index contributed by atoms with van der Waals surface area (Å²) in [5.41, 5.74) is 0.982. The number of imidazole rings is 1. The first-order chi connectivity index (χ1) is 12.9. The molecular weight excluding hydrogens is 356 g/mol. The molecule has 3 N–H and O–H groups in total. The molecular formula is C18H22N2O7. The van der Waals surface area contributed by atoms with E-state index in [4.69, 9.17) is 29.3 Å². The van der Waals surface area contributed by atoms with Gasteiger partial charge in [-0.15, -0.1) is 0 Å². The highest BCUT2D eigenvalue weighted by atomic mass is 16.6. The Morgan fingerprint density at radius 3 is 2.33 bits per heavy atom. The SMILES string of the molecule is CCOC(=O)C(CC)Oc1ccccc1Cc1ncc[nH]1.O=C(O)C(=O)O. The Labute approximate surface area is 156 Å². The van der Waals surface area contributed by atoms with E-state index in [1.165, 1.54) is 0 Å². The van der Waals surface area contributed by atoms with Gasteiger partial charge in [-0.05, 0) is 19.4 Å². The van der Waals surface area contributed by atoms with Crippen LogP contribution in [0, 0.1) is 0 Å². The van der Waals surface area contributed by atoms with Crippen LogP contribution in [-0.2, 0) is 25.5 Å². The van der Waals surface area contributed by atoms with Gasteiger partial charge in [0.25, 0.3) is 0 Å². The molecule has 0 spiro atoms. The molecule has 0 aliphatic rings. The van der Waals surface area contributed by atoms with Crippen LogP contribution in [0.4, 0.5) is 0 Å². The lowest BCUT2D eigenvalue weighted by Gasteiger charge is -2.18. The van der Waals surface area contributed by atoms with Crippen molar-refractivity contribution in [3.63, 3.8) is 0 Å². The summed E-state index contributed by atoms with van der Waals surface area (Å²) in [7, 11) is 0.